The second kappa shape index (κ2) is 38.1. The van der Waals surface area contributed by atoms with Crippen LogP contribution in [-0.4, -0.2) is 38.6 Å². The minimum Gasteiger partial charge on any atom is -0.492 e. The molecule has 0 amide bonds. The topological polar surface area (TPSA) is 71.1 Å². The van der Waals surface area contributed by atoms with Crippen molar-refractivity contribution in [1.29, 1.82) is 0 Å². The Morgan fingerprint density at radius 2 is 0.962 bits per heavy atom. The van der Waals surface area contributed by atoms with Crippen molar-refractivity contribution in [3.05, 3.63) is 12.3 Å². The van der Waals surface area contributed by atoms with Crippen LogP contribution in [0.15, 0.2) is 12.3 Å². The molecule has 0 saturated heterocycles. The maximum Gasteiger partial charge on any atom is 0.327 e. The Morgan fingerprint density at radius 3 is 1.38 bits per heavy atom. The average molecular weight is 771 g/mol. The fraction of sp³-hybridized carbons (Fsp3) is 0.935. The summed E-state index contributed by atoms with van der Waals surface area (Å²) in [6, 6.07) is 0. The third kappa shape index (κ3) is 42.1. The largest absolute Gasteiger partial charge is 0.492 e. The summed E-state index contributed by atoms with van der Waals surface area (Å²) in [6.07, 6.45) is 43.7. The van der Waals surface area contributed by atoms with E-state index in [-0.39, 0.29) is 24.6 Å². The molecule has 53 heavy (non-hydrogen) atoms. The van der Waals surface area contributed by atoms with E-state index in [1.54, 1.807) is 6.26 Å². The van der Waals surface area contributed by atoms with Gasteiger partial charge in [0.1, 0.15) is 6.61 Å². The van der Waals surface area contributed by atoms with E-state index in [0.29, 0.717) is 13.0 Å². The number of esters is 1. The SMILES string of the molecule is CCCCCCCCCCCCCCCC/C=C\OC(COC(=O)CCCCCCCCCCCCCCCCC)COP(C)(=O)OCCC(C)(C)C. The zero-order valence-electron chi connectivity index (χ0n) is 36.4. The maximum atomic E-state index is 12.9. The van der Waals surface area contributed by atoms with E-state index in [4.69, 9.17) is 18.5 Å². The average Bonchev–Trinajstić information content (AvgIpc) is 3.11. The number of hydrogen-bond acceptors (Lipinski definition) is 6. The van der Waals surface area contributed by atoms with Crippen LogP contribution in [0.3, 0.4) is 0 Å². The summed E-state index contributed by atoms with van der Waals surface area (Å²) in [6.45, 7) is 12.9. The van der Waals surface area contributed by atoms with Gasteiger partial charge in [-0.2, -0.15) is 0 Å². The van der Waals surface area contributed by atoms with E-state index in [1.165, 1.54) is 174 Å². The van der Waals surface area contributed by atoms with E-state index in [2.05, 4.69) is 34.6 Å². The quantitative estimate of drug-likeness (QED) is 0.0267. The molecule has 0 aromatic heterocycles. The molecule has 0 bridgehead atoms. The van der Waals surface area contributed by atoms with Gasteiger partial charge in [-0.1, -0.05) is 208 Å². The lowest BCUT2D eigenvalue weighted by molar-refractivity contribution is -0.147. The number of hydrogen-bond donors (Lipinski definition) is 0. The lowest BCUT2D eigenvalue weighted by Crippen LogP contribution is -2.25. The molecule has 0 radical (unpaired) electrons. The third-order valence-corrected chi connectivity index (χ3v) is 11.4. The van der Waals surface area contributed by atoms with Crippen LogP contribution < -0.4 is 0 Å². The molecule has 0 aliphatic carbocycles. The van der Waals surface area contributed by atoms with Gasteiger partial charge in [0.25, 0.3) is 0 Å². The molecular formula is C46H91O6P. The van der Waals surface area contributed by atoms with Crippen molar-refractivity contribution >= 4 is 13.6 Å². The molecule has 0 fully saturated rings. The molecule has 0 heterocycles. The first-order valence-corrected chi connectivity index (χ1v) is 24.9. The van der Waals surface area contributed by atoms with Crippen LogP contribution in [0.1, 0.15) is 240 Å². The summed E-state index contributed by atoms with van der Waals surface area (Å²) < 4.78 is 35.7. The minimum atomic E-state index is -3.25. The Balaban J connectivity index is 4.24. The highest BCUT2D eigenvalue weighted by Gasteiger charge is 2.23. The van der Waals surface area contributed by atoms with Gasteiger partial charge < -0.3 is 18.5 Å². The number of carbonyl (C=O) groups is 1. The number of allylic oxidation sites excluding steroid dienone is 1. The highest BCUT2D eigenvalue weighted by molar-refractivity contribution is 7.52. The van der Waals surface area contributed by atoms with Crippen molar-refractivity contribution in [2.24, 2.45) is 5.41 Å². The van der Waals surface area contributed by atoms with Crippen molar-refractivity contribution in [2.75, 3.05) is 26.5 Å². The minimum absolute atomic E-state index is 0.0404. The summed E-state index contributed by atoms with van der Waals surface area (Å²) in [5.41, 5.74) is 0.0876. The molecule has 0 spiro atoms. The van der Waals surface area contributed by atoms with Gasteiger partial charge in [-0.15, -0.1) is 0 Å². The number of unbranched alkanes of at least 4 members (excludes halogenated alkanes) is 28. The summed E-state index contributed by atoms with van der Waals surface area (Å²) in [5.74, 6) is -0.208. The number of ether oxygens (including phenoxy) is 2. The Kier molecular flexibility index (Phi) is 37.5. The predicted molar refractivity (Wildman–Crippen MR) is 229 cm³/mol. The Labute approximate surface area is 331 Å². The molecular weight excluding hydrogens is 679 g/mol. The van der Waals surface area contributed by atoms with Crippen LogP contribution in [0.2, 0.25) is 0 Å². The molecule has 0 aliphatic rings. The van der Waals surface area contributed by atoms with Crippen LogP contribution in [0.25, 0.3) is 0 Å². The normalized spacial score (nSPS) is 13.8. The fourth-order valence-corrected chi connectivity index (χ4v) is 7.42. The van der Waals surface area contributed by atoms with E-state index in [0.717, 1.165) is 32.1 Å². The van der Waals surface area contributed by atoms with Crippen molar-refractivity contribution < 1.29 is 27.9 Å². The van der Waals surface area contributed by atoms with Gasteiger partial charge in [0.05, 0.1) is 19.5 Å². The van der Waals surface area contributed by atoms with E-state index in [1.807, 2.05) is 6.08 Å². The van der Waals surface area contributed by atoms with Gasteiger partial charge in [-0.3, -0.25) is 9.36 Å². The molecule has 0 saturated carbocycles. The fourth-order valence-electron chi connectivity index (χ4n) is 6.49. The van der Waals surface area contributed by atoms with Crippen LogP contribution in [0.4, 0.5) is 0 Å². The van der Waals surface area contributed by atoms with Crippen molar-refractivity contribution in [3.8, 4) is 0 Å². The molecule has 6 nitrogen and oxygen atoms in total. The Bertz CT molecular complexity index is 853. The lowest BCUT2D eigenvalue weighted by Gasteiger charge is -2.22. The first-order valence-electron chi connectivity index (χ1n) is 22.9. The molecule has 0 N–H and O–H groups in total. The molecule has 2 unspecified atom stereocenters. The second-order valence-corrected chi connectivity index (χ2v) is 19.2. The zero-order valence-corrected chi connectivity index (χ0v) is 37.3. The second-order valence-electron chi connectivity index (χ2n) is 17.1. The summed E-state index contributed by atoms with van der Waals surface area (Å²) in [5, 5.41) is 0. The molecule has 0 aromatic rings. The molecule has 2 atom stereocenters. The maximum absolute atomic E-state index is 12.9. The standard InChI is InChI=1S/C46H91O6P/c1-7-9-11-13-15-17-19-21-23-25-27-29-31-33-35-37-40-49-44(43-52-53(6,48)51-41-39-46(3,4)5)42-50-45(47)38-36-34-32-30-28-26-24-22-20-18-16-14-12-10-8-2/h37,40,44H,7-36,38-39,41-43H2,1-6H3/b40-37-. The van der Waals surface area contributed by atoms with E-state index < -0.39 is 13.7 Å². The Hall–Kier alpha value is -0.840. The summed E-state index contributed by atoms with van der Waals surface area (Å²) in [7, 11) is -3.25. The monoisotopic (exact) mass is 771 g/mol. The van der Waals surface area contributed by atoms with Gasteiger partial charge in [0, 0.05) is 13.1 Å². The first kappa shape index (κ1) is 52.2. The van der Waals surface area contributed by atoms with Crippen LogP contribution in [0.5, 0.6) is 0 Å². The van der Waals surface area contributed by atoms with Crippen molar-refractivity contribution in [2.45, 2.75) is 246 Å². The third-order valence-electron chi connectivity index (χ3n) is 10.2. The van der Waals surface area contributed by atoms with Crippen LogP contribution in [-0.2, 0) is 27.9 Å². The molecule has 7 heteroatoms. The van der Waals surface area contributed by atoms with E-state index >= 15 is 0 Å². The molecule has 316 valence electrons. The highest BCUT2D eigenvalue weighted by Crippen LogP contribution is 2.44. The molecule has 0 aliphatic heterocycles. The van der Waals surface area contributed by atoms with Crippen LogP contribution >= 0.6 is 7.60 Å². The zero-order chi connectivity index (χ0) is 39.1. The summed E-state index contributed by atoms with van der Waals surface area (Å²) >= 11 is 0. The van der Waals surface area contributed by atoms with Gasteiger partial charge in [-0.25, -0.2) is 0 Å². The van der Waals surface area contributed by atoms with Crippen LogP contribution in [0, 0.1) is 5.41 Å². The van der Waals surface area contributed by atoms with Gasteiger partial charge in [-0.05, 0) is 37.2 Å². The lowest BCUT2D eigenvalue weighted by atomic mass is 9.93. The predicted octanol–water partition coefficient (Wildman–Crippen LogP) is 15.9. The van der Waals surface area contributed by atoms with Crippen molar-refractivity contribution in [3.63, 3.8) is 0 Å². The van der Waals surface area contributed by atoms with Gasteiger partial charge >= 0.3 is 13.6 Å². The van der Waals surface area contributed by atoms with Gasteiger partial charge in [0.15, 0.2) is 6.10 Å². The molecule has 0 aromatic carbocycles. The number of carbonyl (C=O) groups excluding carboxylic acids is 1. The first-order chi connectivity index (χ1) is 25.6. The Morgan fingerprint density at radius 1 is 0.566 bits per heavy atom. The van der Waals surface area contributed by atoms with Gasteiger partial charge in [0.2, 0.25) is 0 Å². The van der Waals surface area contributed by atoms with E-state index in [9.17, 15) is 9.36 Å². The smallest absolute Gasteiger partial charge is 0.327 e. The summed E-state index contributed by atoms with van der Waals surface area (Å²) in [4.78, 5) is 12.5. The van der Waals surface area contributed by atoms with Crippen molar-refractivity contribution in [1.82, 2.24) is 0 Å². The number of rotatable bonds is 41. The molecule has 0 rings (SSSR count). The highest BCUT2D eigenvalue weighted by atomic mass is 31.2.